The van der Waals surface area contributed by atoms with E-state index in [4.69, 9.17) is 4.74 Å². The van der Waals surface area contributed by atoms with E-state index in [1.54, 1.807) is 36.4 Å². The second-order valence-electron chi connectivity index (χ2n) is 6.88. The zero-order valence-electron chi connectivity index (χ0n) is 16.7. The number of ether oxygens (including phenoxy) is 1. The minimum atomic E-state index is -6.25. The molecular formula is C21H19F8IOS. The number of benzene rings is 2. The molecule has 1 nitrogen and oxygen atoms in total. The summed E-state index contributed by atoms with van der Waals surface area (Å²) in [4.78, 5) is 0. The van der Waals surface area contributed by atoms with Gasteiger partial charge in [-0.25, -0.2) is 0 Å². The molecule has 0 aliphatic carbocycles. The van der Waals surface area contributed by atoms with Crippen LogP contribution < -0.4 is 4.74 Å². The summed E-state index contributed by atoms with van der Waals surface area (Å²) in [6.45, 7) is 2.63. The Bertz CT molecular complexity index is 867. The summed E-state index contributed by atoms with van der Waals surface area (Å²) in [5.74, 6) is -12.6. The summed E-state index contributed by atoms with van der Waals surface area (Å²) in [5, 5.41) is -5.42. The molecule has 32 heavy (non-hydrogen) atoms. The van der Waals surface area contributed by atoms with Crippen LogP contribution in [0.25, 0.3) is 11.1 Å². The van der Waals surface area contributed by atoms with Crippen molar-refractivity contribution in [1.29, 1.82) is 0 Å². The Morgan fingerprint density at radius 1 is 0.781 bits per heavy atom. The first-order valence-corrected chi connectivity index (χ1v) is 11.5. The van der Waals surface area contributed by atoms with E-state index in [0.717, 1.165) is 18.4 Å². The van der Waals surface area contributed by atoms with Crippen molar-refractivity contribution in [1.82, 2.24) is 0 Å². The second-order valence-corrected chi connectivity index (χ2v) is 9.32. The van der Waals surface area contributed by atoms with Gasteiger partial charge in [0, 0.05) is 28.3 Å². The maximum atomic E-state index is 13.8. The van der Waals surface area contributed by atoms with Crippen LogP contribution in [0.5, 0.6) is 5.75 Å². The van der Waals surface area contributed by atoms with Crippen LogP contribution in [0.2, 0.25) is 0 Å². The molecule has 0 radical (unpaired) electrons. The molecule has 0 unspecified atom stereocenters. The summed E-state index contributed by atoms with van der Waals surface area (Å²) in [6.07, 6.45) is 1.92. The van der Waals surface area contributed by atoms with E-state index >= 15 is 0 Å². The van der Waals surface area contributed by atoms with Crippen molar-refractivity contribution in [3.8, 4) is 16.9 Å². The van der Waals surface area contributed by atoms with Gasteiger partial charge in [-0.3, -0.25) is 0 Å². The Hall–Kier alpha value is -1.24. The molecule has 0 bridgehead atoms. The van der Waals surface area contributed by atoms with Gasteiger partial charge in [0.15, 0.2) is 0 Å². The minimum absolute atomic E-state index is 0.137. The quantitative estimate of drug-likeness (QED) is 0.111. The molecule has 0 atom stereocenters. The van der Waals surface area contributed by atoms with Crippen molar-refractivity contribution >= 4 is 34.4 Å². The fourth-order valence-corrected chi connectivity index (χ4v) is 3.69. The van der Waals surface area contributed by atoms with Crippen molar-refractivity contribution in [2.75, 3.05) is 6.61 Å². The fraction of sp³-hybridized carbons (Fsp3) is 0.429. The molecule has 0 aliphatic rings. The molecule has 2 rings (SSSR count). The van der Waals surface area contributed by atoms with E-state index in [1.807, 2.05) is 6.92 Å². The van der Waals surface area contributed by atoms with Gasteiger partial charge in [0.1, 0.15) is 5.75 Å². The van der Waals surface area contributed by atoms with E-state index in [-0.39, 0.29) is 28.2 Å². The second kappa shape index (κ2) is 10.4. The number of unbranched alkanes of at least 4 members (excludes halogenated alkanes) is 1. The van der Waals surface area contributed by atoms with Crippen LogP contribution in [0.15, 0.2) is 48.5 Å². The van der Waals surface area contributed by atoms with E-state index < -0.39 is 38.5 Å². The SMILES string of the molecule is CCCCOc1ccc(-c2ccc(CSC(F)(F)C(F)(F)C(F)(F)C(F)(F)I)cc2)cc1. The Kier molecular flexibility index (Phi) is 8.74. The Morgan fingerprint density at radius 2 is 1.28 bits per heavy atom. The van der Waals surface area contributed by atoms with E-state index in [0.29, 0.717) is 17.9 Å². The number of halogens is 9. The Balaban J connectivity index is 2.05. The van der Waals surface area contributed by atoms with Gasteiger partial charge in [0.2, 0.25) is 0 Å². The fourth-order valence-electron chi connectivity index (χ4n) is 2.50. The van der Waals surface area contributed by atoms with Gasteiger partial charge in [0.05, 0.1) is 6.61 Å². The molecule has 0 aliphatic heterocycles. The van der Waals surface area contributed by atoms with Crippen molar-refractivity contribution in [2.24, 2.45) is 0 Å². The van der Waals surface area contributed by atoms with Gasteiger partial charge in [-0.1, -0.05) is 61.5 Å². The van der Waals surface area contributed by atoms with E-state index in [9.17, 15) is 35.1 Å². The molecule has 0 fully saturated rings. The zero-order chi connectivity index (χ0) is 24.2. The lowest BCUT2D eigenvalue weighted by Gasteiger charge is -2.34. The lowest BCUT2D eigenvalue weighted by Crippen LogP contribution is -2.59. The lowest BCUT2D eigenvalue weighted by atomic mass is 10.0. The Labute approximate surface area is 198 Å². The van der Waals surface area contributed by atoms with E-state index in [1.165, 1.54) is 12.1 Å². The standard InChI is InChI=1S/C21H19F8IOS/c1-2-3-12-31-17-10-8-16(9-11-17)15-6-4-14(5-7-15)13-32-21(28,29)19(24,25)18(22,23)20(26,27)30/h4-11H,2-3,12-13H2,1H3. The molecule has 0 N–H and O–H groups in total. The predicted molar refractivity (Wildman–Crippen MR) is 117 cm³/mol. The Morgan fingerprint density at radius 3 is 1.75 bits per heavy atom. The van der Waals surface area contributed by atoms with Gasteiger partial charge < -0.3 is 4.74 Å². The highest BCUT2D eigenvalue weighted by molar-refractivity contribution is 14.1. The molecule has 0 spiro atoms. The molecule has 2 aromatic carbocycles. The highest BCUT2D eigenvalue weighted by Crippen LogP contribution is 2.58. The van der Waals surface area contributed by atoms with Crippen molar-refractivity contribution < 1.29 is 39.9 Å². The number of rotatable bonds is 11. The average Bonchev–Trinajstić information content (AvgIpc) is 2.72. The first-order chi connectivity index (χ1) is 14.7. The van der Waals surface area contributed by atoms with Gasteiger partial charge in [0.25, 0.3) is 0 Å². The van der Waals surface area contributed by atoms with Gasteiger partial charge >= 0.3 is 21.0 Å². The number of hydrogen-bond acceptors (Lipinski definition) is 2. The summed E-state index contributed by atoms with van der Waals surface area (Å²) in [6, 6.07) is 12.9. The molecule has 0 saturated heterocycles. The third-order valence-electron chi connectivity index (χ3n) is 4.44. The van der Waals surface area contributed by atoms with Gasteiger partial charge in [-0.05, 0) is 35.2 Å². The maximum Gasteiger partial charge on any atom is 0.388 e. The smallest absolute Gasteiger partial charge is 0.388 e. The first kappa shape index (κ1) is 27.0. The summed E-state index contributed by atoms with van der Waals surface area (Å²) >= 11 is -1.09. The monoisotopic (exact) mass is 598 g/mol. The molecule has 11 heteroatoms. The van der Waals surface area contributed by atoms with Crippen molar-refractivity contribution in [3.05, 3.63) is 54.1 Å². The number of thioether (sulfide) groups is 1. The van der Waals surface area contributed by atoms with Crippen molar-refractivity contribution in [3.63, 3.8) is 0 Å². The van der Waals surface area contributed by atoms with Crippen LogP contribution in [-0.2, 0) is 5.75 Å². The van der Waals surface area contributed by atoms with Crippen molar-refractivity contribution in [2.45, 2.75) is 46.5 Å². The van der Waals surface area contributed by atoms with E-state index in [2.05, 4.69) is 0 Å². The number of alkyl halides is 9. The third-order valence-corrected chi connectivity index (χ3v) is 6.22. The molecule has 0 saturated carbocycles. The van der Waals surface area contributed by atoms with Crippen LogP contribution >= 0.6 is 34.4 Å². The largest absolute Gasteiger partial charge is 0.494 e. The predicted octanol–water partition coefficient (Wildman–Crippen LogP) is 8.66. The summed E-state index contributed by atoms with van der Waals surface area (Å²) in [5.41, 5.74) is 1.62. The number of hydrogen-bond donors (Lipinski definition) is 0. The molecule has 178 valence electrons. The van der Waals surface area contributed by atoms with Crippen LogP contribution in [0.3, 0.4) is 0 Å². The summed E-state index contributed by atoms with van der Waals surface area (Å²) in [7, 11) is 0. The average molecular weight is 598 g/mol. The van der Waals surface area contributed by atoms with Gasteiger partial charge in [-0.15, -0.1) is 0 Å². The molecular weight excluding hydrogens is 579 g/mol. The highest BCUT2D eigenvalue weighted by atomic mass is 127. The zero-order valence-corrected chi connectivity index (χ0v) is 19.6. The van der Waals surface area contributed by atoms with Crippen LogP contribution in [0.1, 0.15) is 25.3 Å². The maximum absolute atomic E-state index is 13.8. The topological polar surface area (TPSA) is 9.23 Å². The highest BCUT2D eigenvalue weighted by Gasteiger charge is 2.80. The molecule has 2 aromatic rings. The van der Waals surface area contributed by atoms with Crippen LogP contribution in [-0.4, -0.2) is 27.6 Å². The lowest BCUT2D eigenvalue weighted by molar-refractivity contribution is -0.317. The first-order valence-electron chi connectivity index (χ1n) is 9.39. The third kappa shape index (κ3) is 6.00. The minimum Gasteiger partial charge on any atom is -0.494 e. The normalized spacial score (nSPS) is 13.3. The summed E-state index contributed by atoms with van der Waals surface area (Å²) < 4.78 is 107. The van der Waals surface area contributed by atoms with Crippen LogP contribution in [0.4, 0.5) is 35.1 Å². The van der Waals surface area contributed by atoms with Crippen LogP contribution in [0, 0.1) is 0 Å². The molecule has 0 amide bonds. The molecule has 0 aromatic heterocycles. The van der Waals surface area contributed by atoms with Gasteiger partial charge in [-0.2, -0.15) is 35.1 Å². The molecule has 0 heterocycles.